The molecule has 1 aromatic carbocycles. The SMILES string of the molecule is CC(=O)c1ccc(Oc2ncn(C)n2)c(Br)c1. The van der Waals surface area contributed by atoms with Crippen molar-refractivity contribution >= 4 is 21.7 Å². The molecule has 0 aliphatic heterocycles. The molecule has 0 spiro atoms. The number of ketones is 1. The Labute approximate surface area is 107 Å². The Kier molecular flexibility index (Phi) is 3.23. The Balaban J connectivity index is 2.25. The molecule has 0 bridgehead atoms. The summed E-state index contributed by atoms with van der Waals surface area (Å²) in [6, 6.07) is 5.38. The third-order valence-electron chi connectivity index (χ3n) is 2.12. The first-order valence-electron chi connectivity index (χ1n) is 4.90. The zero-order valence-electron chi connectivity index (χ0n) is 9.35. The topological polar surface area (TPSA) is 57.0 Å². The maximum absolute atomic E-state index is 11.2. The number of nitrogens with zero attached hydrogens (tertiary/aromatic N) is 3. The van der Waals surface area contributed by atoms with Gasteiger partial charge in [-0.05, 0) is 41.1 Å². The largest absolute Gasteiger partial charge is 0.422 e. The molecule has 0 atom stereocenters. The van der Waals surface area contributed by atoms with Crippen LogP contribution in [0.1, 0.15) is 17.3 Å². The smallest absolute Gasteiger partial charge is 0.341 e. The molecular formula is C11H10BrN3O2. The molecule has 1 aromatic heterocycles. The lowest BCUT2D eigenvalue weighted by Crippen LogP contribution is -1.94. The van der Waals surface area contributed by atoms with E-state index in [0.29, 0.717) is 15.8 Å². The van der Waals surface area contributed by atoms with Crippen molar-refractivity contribution in [1.29, 1.82) is 0 Å². The summed E-state index contributed by atoms with van der Waals surface area (Å²) >= 11 is 3.34. The molecule has 5 nitrogen and oxygen atoms in total. The van der Waals surface area contributed by atoms with Crippen LogP contribution in [0.4, 0.5) is 0 Å². The predicted octanol–water partition coefficient (Wildman–Crippen LogP) is 2.57. The average molecular weight is 296 g/mol. The number of benzene rings is 1. The Bertz CT molecular complexity index is 566. The highest BCUT2D eigenvalue weighted by Gasteiger charge is 2.08. The van der Waals surface area contributed by atoms with Gasteiger partial charge in [-0.15, -0.1) is 5.10 Å². The zero-order valence-corrected chi connectivity index (χ0v) is 10.9. The highest BCUT2D eigenvalue weighted by molar-refractivity contribution is 9.10. The minimum Gasteiger partial charge on any atom is -0.422 e. The second-order valence-corrected chi connectivity index (χ2v) is 4.36. The van der Waals surface area contributed by atoms with E-state index in [1.165, 1.54) is 6.92 Å². The average Bonchev–Trinajstić information content (AvgIpc) is 2.67. The van der Waals surface area contributed by atoms with E-state index in [1.807, 2.05) is 0 Å². The van der Waals surface area contributed by atoms with E-state index in [0.717, 1.165) is 0 Å². The fourth-order valence-corrected chi connectivity index (χ4v) is 1.73. The highest BCUT2D eigenvalue weighted by Crippen LogP contribution is 2.29. The van der Waals surface area contributed by atoms with Crippen molar-refractivity contribution in [2.75, 3.05) is 0 Å². The highest BCUT2D eigenvalue weighted by atomic mass is 79.9. The van der Waals surface area contributed by atoms with Crippen molar-refractivity contribution in [3.05, 3.63) is 34.6 Å². The molecule has 0 aliphatic rings. The summed E-state index contributed by atoms with van der Waals surface area (Å²) in [5.41, 5.74) is 0.623. The molecule has 88 valence electrons. The number of Topliss-reactive ketones (excluding diaryl/α,β-unsaturated/α-hetero) is 1. The van der Waals surface area contributed by atoms with Gasteiger partial charge in [-0.1, -0.05) is 0 Å². The molecule has 0 radical (unpaired) electrons. The van der Waals surface area contributed by atoms with Crippen molar-refractivity contribution in [3.8, 4) is 11.8 Å². The quantitative estimate of drug-likeness (QED) is 0.817. The van der Waals surface area contributed by atoms with E-state index in [-0.39, 0.29) is 11.8 Å². The van der Waals surface area contributed by atoms with Crippen LogP contribution in [0.2, 0.25) is 0 Å². The van der Waals surface area contributed by atoms with Crippen LogP contribution >= 0.6 is 15.9 Å². The lowest BCUT2D eigenvalue weighted by Gasteiger charge is -2.04. The third kappa shape index (κ3) is 2.71. The molecule has 2 aromatic rings. The Morgan fingerprint density at radius 1 is 1.47 bits per heavy atom. The standard InChI is InChI=1S/C11H10BrN3O2/c1-7(16)8-3-4-10(9(12)5-8)17-11-13-6-15(2)14-11/h3-6H,1-2H3. The van der Waals surface area contributed by atoms with E-state index < -0.39 is 0 Å². The summed E-state index contributed by atoms with van der Waals surface area (Å²) in [5, 5.41) is 4.00. The molecular weight excluding hydrogens is 286 g/mol. The molecule has 1 heterocycles. The van der Waals surface area contributed by atoms with Crippen LogP contribution in [0.3, 0.4) is 0 Å². The van der Waals surface area contributed by atoms with E-state index in [1.54, 1.807) is 36.3 Å². The molecule has 0 N–H and O–H groups in total. The van der Waals surface area contributed by atoms with Gasteiger partial charge in [0.2, 0.25) is 0 Å². The summed E-state index contributed by atoms with van der Waals surface area (Å²) in [4.78, 5) is 15.1. The van der Waals surface area contributed by atoms with Crippen molar-refractivity contribution in [1.82, 2.24) is 14.8 Å². The summed E-state index contributed by atoms with van der Waals surface area (Å²) in [7, 11) is 1.76. The van der Waals surface area contributed by atoms with E-state index in [9.17, 15) is 4.79 Å². The van der Waals surface area contributed by atoms with Gasteiger partial charge >= 0.3 is 6.01 Å². The Hall–Kier alpha value is -1.69. The monoisotopic (exact) mass is 295 g/mol. The van der Waals surface area contributed by atoms with Gasteiger partial charge in [0, 0.05) is 12.6 Å². The van der Waals surface area contributed by atoms with Crippen LogP contribution in [-0.4, -0.2) is 20.5 Å². The molecule has 2 rings (SSSR count). The summed E-state index contributed by atoms with van der Waals surface area (Å²) in [6.45, 7) is 1.52. The van der Waals surface area contributed by atoms with Crippen molar-refractivity contribution < 1.29 is 9.53 Å². The molecule has 0 saturated carbocycles. The van der Waals surface area contributed by atoms with Gasteiger partial charge in [0.15, 0.2) is 5.78 Å². The normalized spacial score (nSPS) is 10.3. The van der Waals surface area contributed by atoms with Gasteiger partial charge in [-0.3, -0.25) is 9.48 Å². The van der Waals surface area contributed by atoms with Gasteiger partial charge in [-0.25, -0.2) is 0 Å². The van der Waals surface area contributed by atoms with Crippen molar-refractivity contribution in [2.45, 2.75) is 6.92 Å². The lowest BCUT2D eigenvalue weighted by atomic mass is 10.1. The lowest BCUT2D eigenvalue weighted by molar-refractivity contribution is 0.101. The molecule has 0 aliphatic carbocycles. The van der Waals surface area contributed by atoms with Gasteiger partial charge in [-0.2, -0.15) is 4.98 Å². The number of ether oxygens (including phenoxy) is 1. The summed E-state index contributed by atoms with van der Waals surface area (Å²) in [5.74, 6) is 0.578. The number of hydrogen-bond acceptors (Lipinski definition) is 4. The van der Waals surface area contributed by atoms with Crippen molar-refractivity contribution in [2.24, 2.45) is 7.05 Å². The summed E-state index contributed by atoms with van der Waals surface area (Å²) < 4.78 is 7.70. The Morgan fingerprint density at radius 2 is 2.24 bits per heavy atom. The van der Waals surface area contributed by atoms with E-state index >= 15 is 0 Å². The van der Waals surface area contributed by atoms with E-state index in [4.69, 9.17) is 4.74 Å². The molecule has 6 heteroatoms. The summed E-state index contributed by atoms with van der Waals surface area (Å²) in [6.07, 6.45) is 1.55. The zero-order chi connectivity index (χ0) is 12.4. The molecule has 17 heavy (non-hydrogen) atoms. The molecule has 0 fully saturated rings. The third-order valence-corrected chi connectivity index (χ3v) is 2.74. The molecule has 0 amide bonds. The van der Waals surface area contributed by atoms with Crippen LogP contribution in [0.25, 0.3) is 0 Å². The minimum absolute atomic E-state index is 0.00760. The van der Waals surface area contributed by atoms with Crippen LogP contribution in [-0.2, 0) is 7.05 Å². The number of carbonyl (C=O) groups is 1. The van der Waals surface area contributed by atoms with Gasteiger partial charge in [0.1, 0.15) is 12.1 Å². The number of rotatable bonds is 3. The van der Waals surface area contributed by atoms with E-state index in [2.05, 4.69) is 26.0 Å². The van der Waals surface area contributed by atoms with Crippen LogP contribution < -0.4 is 4.74 Å². The van der Waals surface area contributed by atoms with Gasteiger partial charge in [0.25, 0.3) is 0 Å². The van der Waals surface area contributed by atoms with Gasteiger partial charge < -0.3 is 4.74 Å². The Morgan fingerprint density at radius 3 is 2.76 bits per heavy atom. The van der Waals surface area contributed by atoms with Crippen LogP contribution in [0, 0.1) is 0 Å². The number of aromatic nitrogens is 3. The van der Waals surface area contributed by atoms with Crippen molar-refractivity contribution in [3.63, 3.8) is 0 Å². The first-order valence-corrected chi connectivity index (χ1v) is 5.69. The molecule has 0 saturated heterocycles. The van der Waals surface area contributed by atoms with Crippen LogP contribution in [0.15, 0.2) is 29.0 Å². The number of aryl methyl sites for hydroxylation is 1. The first kappa shape index (κ1) is 11.8. The maximum atomic E-state index is 11.2. The second kappa shape index (κ2) is 4.67. The molecule has 0 unspecified atom stereocenters. The van der Waals surface area contributed by atoms with Crippen LogP contribution in [0.5, 0.6) is 11.8 Å². The number of carbonyl (C=O) groups excluding carboxylic acids is 1. The fourth-order valence-electron chi connectivity index (χ4n) is 1.27. The maximum Gasteiger partial charge on any atom is 0.341 e. The minimum atomic E-state index is 0.00760. The first-order chi connectivity index (χ1) is 8.06. The number of hydrogen-bond donors (Lipinski definition) is 0. The predicted molar refractivity (Wildman–Crippen MR) is 65.2 cm³/mol. The second-order valence-electron chi connectivity index (χ2n) is 3.50. The van der Waals surface area contributed by atoms with Gasteiger partial charge in [0.05, 0.1) is 4.47 Å². The fraction of sp³-hybridized carbons (Fsp3) is 0.182. The number of halogens is 1.